The highest BCUT2D eigenvalue weighted by atomic mass is 16.6. The third-order valence-corrected chi connectivity index (χ3v) is 5.90. The van der Waals surface area contributed by atoms with Gasteiger partial charge in [-0.25, -0.2) is 4.79 Å². The van der Waals surface area contributed by atoms with E-state index in [2.05, 4.69) is 11.0 Å². The first kappa shape index (κ1) is 13.6. The Morgan fingerprint density at radius 2 is 1.70 bits per heavy atom. The maximum atomic E-state index is 12.6. The molecule has 4 fully saturated rings. The van der Waals surface area contributed by atoms with Crippen molar-refractivity contribution in [2.75, 3.05) is 13.1 Å². The number of nitrogens with zero attached hydrogens (tertiary/aromatic N) is 1. The Labute approximate surface area is 136 Å². The van der Waals surface area contributed by atoms with Crippen LogP contribution >= 0.6 is 0 Å². The van der Waals surface area contributed by atoms with Gasteiger partial charge in [0.1, 0.15) is 0 Å². The molecule has 0 N–H and O–H groups in total. The zero-order chi connectivity index (χ0) is 15.4. The summed E-state index contributed by atoms with van der Waals surface area (Å²) in [5, 5.41) is 2.25. The molecule has 0 amide bonds. The molecule has 6 rings (SSSR count). The SMILES string of the molecule is O=C(O[C@@H]1C2C[C@H]3C[C@H](C2)CN1C3)c1ccc2ccccc2c1. The monoisotopic (exact) mass is 307 g/mol. The van der Waals surface area contributed by atoms with Crippen molar-refractivity contribution in [1.29, 1.82) is 0 Å². The van der Waals surface area contributed by atoms with Gasteiger partial charge in [-0.15, -0.1) is 0 Å². The molecule has 0 unspecified atom stereocenters. The lowest BCUT2D eigenvalue weighted by atomic mass is 9.67. The highest BCUT2D eigenvalue weighted by Crippen LogP contribution is 2.46. The van der Waals surface area contributed by atoms with Crippen LogP contribution in [0.1, 0.15) is 29.6 Å². The van der Waals surface area contributed by atoms with Gasteiger partial charge in [0.2, 0.25) is 0 Å². The maximum absolute atomic E-state index is 12.6. The van der Waals surface area contributed by atoms with Crippen molar-refractivity contribution in [3.05, 3.63) is 48.0 Å². The zero-order valence-corrected chi connectivity index (χ0v) is 13.2. The maximum Gasteiger partial charge on any atom is 0.339 e. The number of hydrogen-bond acceptors (Lipinski definition) is 3. The van der Waals surface area contributed by atoms with Gasteiger partial charge in [-0.05, 0) is 54.0 Å². The number of carbonyl (C=O) groups is 1. The molecule has 3 nitrogen and oxygen atoms in total. The first-order valence-electron chi connectivity index (χ1n) is 8.70. The van der Waals surface area contributed by atoms with E-state index in [9.17, 15) is 4.79 Å². The summed E-state index contributed by atoms with van der Waals surface area (Å²) >= 11 is 0. The van der Waals surface area contributed by atoms with Gasteiger partial charge in [0, 0.05) is 19.0 Å². The van der Waals surface area contributed by atoms with E-state index in [4.69, 9.17) is 4.74 Å². The molecule has 0 aromatic heterocycles. The van der Waals surface area contributed by atoms with E-state index in [1.54, 1.807) is 0 Å². The van der Waals surface area contributed by atoms with E-state index in [1.807, 2.05) is 36.4 Å². The van der Waals surface area contributed by atoms with Crippen LogP contribution in [0.2, 0.25) is 0 Å². The van der Waals surface area contributed by atoms with Crippen LogP contribution < -0.4 is 0 Å². The van der Waals surface area contributed by atoms with Crippen LogP contribution in [0.4, 0.5) is 0 Å². The summed E-state index contributed by atoms with van der Waals surface area (Å²) in [6, 6.07) is 14.0. The fourth-order valence-corrected chi connectivity index (χ4v) is 5.06. The van der Waals surface area contributed by atoms with E-state index < -0.39 is 0 Å². The summed E-state index contributed by atoms with van der Waals surface area (Å²) in [4.78, 5) is 15.0. The van der Waals surface area contributed by atoms with Gasteiger partial charge in [-0.2, -0.15) is 0 Å². The van der Waals surface area contributed by atoms with Gasteiger partial charge in [0.15, 0.2) is 6.23 Å². The van der Waals surface area contributed by atoms with E-state index in [0.717, 1.165) is 35.7 Å². The molecular weight excluding hydrogens is 286 g/mol. The summed E-state index contributed by atoms with van der Waals surface area (Å²) in [5.74, 6) is 2.05. The van der Waals surface area contributed by atoms with Crippen molar-refractivity contribution in [3.63, 3.8) is 0 Å². The number of carbonyl (C=O) groups excluding carboxylic acids is 1. The first-order valence-corrected chi connectivity index (χ1v) is 8.70. The van der Waals surface area contributed by atoms with Crippen molar-refractivity contribution in [1.82, 2.24) is 4.90 Å². The average molecular weight is 307 g/mol. The Hall–Kier alpha value is -1.87. The summed E-state index contributed by atoms with van der Waals surface area (Å²) in [6.45, 7) is 2.23. The lowest BCUT2D eigenvalue weighted by Gasteiger charge is -2.55. The molecule has 4 bridgehead atoms. The van der Waals surface area contributed by atoms with Crippen LogP contribution in [0, 0.1) is 17.8 Å². The van der Waals surface area contributed by atoms with Crippen LogP contribution in [-0.2, 0) is 4.74 Å². The fraction of sp³-hybridized carbons (Fsp3) is 0.450. The van der Waals surface area contributed by atoms with Crippen LogP contribution in [0.15, 0.2) is 42.5 Å². The quantitative estimate of drug-likeness (QED) is 0.793. The topological polar surface area (TPSA) is 29.5 Å². The van der Waals surface area contributed by atoms with Gasteiger partial charge in [0.05, 0.1) is 5.56 Å². The normalized spacial score (nSPS) is 34.7. The number of benzene rings is 2. The predicted octanol–water partition coefficient (Wildman–Crippen LogP) is 3.68. The number of ether oxygens (including phenoxy) is 1. The lowest BCUT2D eigenvalue weighted by molar-refractivity contribution is -0.159. The molecule has 1 saturated carbocycles. The molecule has 3 saturated heterocycles. The molecule has 3 aliphatic heterocycles. The zero-order valence-electron chi connectivity index (χ0n) is 13.2. The van der Waals surface area contributed by atoms with Crippen LogP contribution in [0.5, 0.6) is 0 Å². The summed E-state index contributed by atoms with van der Waals surface area (Å²) < 4.78 is 5.95. The molecule has 2 aromatic rings. The second kappa shape index (κ2) is 5.07. The molecule has 0 radical (unpaired) electrons. The van der Waals surface area contributed by atoms with Gasteiger partial charge in [-0.3, -0.25) is 4.90 Å². The van der Waals surface area contributed by atoms with E-state index >= 15 is 0 Å². The number of rotatable bonds is 2. The fourth-order valence-electron chi connectivity index (χ4n) is 5.06. The van der Waals surface area contributed by atoms with Crippen molar-refractivity contribution >= 4 is 16.7 Å². The van der Waals surface area contributed by atoms with Gasteiger partial charge >= 0.3 is 5.97 Å². The summed E-state index contributed by atoms with van der Waals surface area (Å²) in [7, 11) is 0. The molecule has 3 heterocycles. The molecule has 118 valence electrons. The highest BCUT2D eigenvalue weighted by Gasteiger charge is 2.48. The molecular formula is C20H21NO2. The van der Waals surface area contributed by atoms with Crippen molar-refractivity contribution < 1.29 is 9.53 Å². The average Bonchev–Trinajstić information content (AvgIpc) is 2.57. The molecule has 3 atom stereocenters. The van der Waals surface area contributed by atoms with Crippen LogP contribution in [-0.4, -0.2) is 30.2 Å². The van der Waals surface area contributed by atoms with Crippen LogP contribution in [0.25, 0.3) is 10.8 Å². The van der Waals surface area contributed by atoms with Gasteiger partial charge in [0.25, 0.3) is 0 Å². The summed E-state index contributed by atoms with van der Waals surface area (Å²) in [5.41, 5.74) is 0.665. The molecule has 1 aliphatic carbocycles. The largest absolute Gasteiger partial charge is 0.442 e. The van der Waals surface area contributed by atoms with Crippen molar-refractivity contribution in [2.45, 2.75) is 25.5 Å². The minimum Gasteiger partial charge on any atom is -0.442 e. The number of fused-ring (bicyclic) bond motifs is 1. The smallest absolute Gasteiger partial charge is 0.339 e. The standard InChI is InChI=1S/C20H21NO2/c22-20(17-6-5-15-3-1-2-4-16(15)10-17)23-19-18-8-13-7-14(9-18)12-21(19)11-13/h1-6,10,13-14,18-19H,7-9,11-12H2/t13-,14-,19-/m1/s1. The second-order valence-corrected chi connectivity index (χ2v) is 7.51. The van der Waals surface area contributed by atoms with E-state index in [0.29, 0.717) is 11.5 Å². The molecule has 2 aromatic carbocycles. The third kappa shape index (κ3) is 2.26. The van der Waals surface area contributed by atoms with Crippen molar-refractivity contribution in [2.24, 2.45) is 17.8 Å². The Balaban J connectivity index is 1.38. The third-order valence-electron chi connectivity index (χ3n) is 5.90. The minimum absolute atomic E-state index is 0.00164. The number of hydrogen-bond donors (Lipinski definition) is 0. The van der Waals surface area contributed by atoms with Gasteiger partial charge < -0.3 is 4.74 Å². The molecule has 4 aliphatic rings. The molecule has 0 spiro atoms. The number of esters is 1. The predicted molar refractivity (Wildman–Crippen MR) is 89.0 cm³/mol. The van der Waals surface area contributed by atoms with Gasteiger partial charge in [-0.1, -0.05) is 30.3 Å². The molecule has 23 heavy (non-hydrogen) atoms. The molecule has 3 heteroatoms. The second-order valence-electron chi connectivity index (χ2n) is 7.51. The highest BCUT2D eigenvalue weighted by molar-refractivity contribution is 5.95. The lowest BCUT2D eigenvalue weighted by Crippen LogP contribution is -2.60. The minimum atomic E-state index is -0.173. The Bertz CT molecular complexity index is 741. The Kier molecular flexibility index (Phi) is 2.99. The Morgan fingerprint density at radius 3 is 2.43 bits per heavy atom. The summed E-state index contributed by atoms with van der Waals surface area (Å²) in [6.07, 6.45) is 3.87. The first-order chi connectivity index (χ1) is 11.3. The van der Waals surface area contributed by atoms with Crippen LogP contribution in [0.3, 0.4) is 0 Å². The van der Waals surface area contributed by atoms with E-state index in [1.165, 1.54) is 19.3 Å². The Morgan fingerprint density at radius 1 is 0.957 bits per heavy atom. The van der Waals surface area contributed by atoms with Crippen molar-refractivity contribution in [3.8, 4) is 0 Å². The number of piperidine rings is 3. The van der Waals surface area contributed by atoms with E-state index in [-0.39, 0.29) is 12.2 Å².